The third-order valence-corrected chi connectivity index (χ3v) is 4.77. The molecular weight excluding hydrogens is 336 g/mol. The highest BCUT2D eigenvalue weighted by Gasteiger charge is 2.45. The van der Waals surface area contributed by atoms with E-state index in [1.807, 2.05) is 12.1 Å². The summed E-state index contributed by atoms with van der Waals surface area (Å²) in [5.41, 5.74) is 1.91. The van der Waals surface area contributed by atoms with Crippen molar-refractivity contribution in [2.24, 2.45) is 0 Å². The molecule has 1 N–H and O–H groups in total. The SMILES string of the molecule is CC1(C)NC(=O)N(CC(=O)OCC(=O)c2ccc3c(c2)CCCC3)C1=O. The number of carbonyl (C=O) groups is 4. The maximum absolute atomic E-state index is 12.3. The van der Waals surface area contributed by atoms with Crippen LogP contribution in [0.25, 0.3) is 0 Å². The van der Waals surface area contributed by atoms with Crippen LogP contribution in [0.4, 0.5) is 4.79 Å². The fourth-order valence-corrected chi connectivity index (χ4v) is 3.27. The van der Waals surface area contributed by atoms with Crippen LogP contribution in [0.1, 0.15) is 48.2 Å². The number of hydrogen-bond donors (Lipinski definition) is 1. The van der Waals surface area contributed by atoms with Gasteiger partial charge < -0.3 is 10.1 Å². The molecule has 3 rings (SSSR count). The lowest BCUT2D eigenvalue weighted by atomic mass is 9.90. The third kappa shape index (κ3) is 3.61. The summed E-state index contributed by atoms with van der Waals surface area (Å²) in [4.78, 5) is 48.8. The van der Waals surface area contributed by atoms with Crippen LogP contribution in [0.5, 0.6) is 0 Å². The van der Waals surface area contributed by atoms with Crippen molar-refractivity contribution >= 4 is 23.7 Å². The van der Waals surface area contributed by atoms with E-state index in [9.17, 15) is 19.2 Å². The number of ketones is 1. The molecule has 2 aliphatic rings. The van der Waals surface area contributed by atoms with E-state index in [0.717, 1.165) is 30.6 Å². The third-order valence-electron chi connectivity index (χ3n) is 4.77. The molecule has 1 heterocycles. The van der Waals surface area contributed by atoms with E-state index in [2.05, 4.69) is 5.32 Å². The van der Waals surface area contributed by atoms with Crippen LogP contribution >= 0.6 is 0 Å². The van der Waals surface area contributed by atoms with Crippen LogP contribution in [-0.2, 0) is 27.2 Å². The molecule has 1 saturated heterocycles. The van der Waals surface area contributed by atoms with Crippen LogP contribution in [0.15, 0.2) is 18.2 Å². The minimum absolute atomic E-state index is 0.302. The number of esters is 1. The molecule has 1 aromatic rings. The van der Waals surface area contributed by atoms with Gasteiger partial charge in [-0.2, -0.15) is 0 Å². The van der Waals surface area contributed by atoms with Gasteiger partial charge in [-0.05, 0) is 56.7 Å². The van der Waals surface area contributed by atoms with Crippen molar-refractivity contribution in [1.82, 2.24) is 10.2 Å². The average molecular weight is 358 g/mol. The summed E-state index contributed by atoms with van der Waals surface area (Å²) in [6, 6.07) is 4.93. The first-order chi connectivity index (χ1) is 12.3. The predicted molar refractivity (Wildman–Crippen MR) is 92.7 cm³/mol. The molecule has 0 unspecified atom stereocenters. The number of benzene rings is 1. The molecule has 7 heteroatoms. The van der Waals surface area contributed by atoms with Gasteiger partial charge >= 0.3 is 12.0 Å². The number of urea groups is 1. The largest absolute Gasteiger partial charge is 0.456 e. The quantitative estimate of drug-likeness (QED) is 0.490. The van der Waals surface area contributed by atoms with Crippen molar-refractivity contribution < 1.29 is 23.9 Å². The van der Waals surface area contributed by atoms with Gasteiger partial charge in [-0.1, -0.05) is 12.1 Å². The van der Waals surface area contributed by atoms with Crippen molar-refractivity contribution in [3.05, 3.63) is 34.9 Å². The zero-order valence-corrected chi connectivity index (χ0v) is 15.0. The lowest BCUT2D eigenvalue weighted by Crippen LogP contribution is -2.41. The van der Waals surface area contributed by atoms with Crippen molar-refractivity contribution in [3.63, 3.8) is 0 Å². The zero-order chi connectivity index (χ0) is 18.9. The van der Waals surface area contributed by atoms with Gasteiger partial charge in [0.2, 0.25) is 0 Å². The molecular formula is C19H22N2O5. The fourth-order valence-electron chi connectivity index (χ4n) is 3.27. The Labute approximate surface area is 151 Å². The number of imide groups is 1. The fraction of sp³-hybridized carbons (Fsp3) is 0.474. The number of ether oxygens (including phenoxy) is 1. The smallest absolute Gasteiger partial charge is 0.326 e. The van der Waals surface area contributed by atoms with Gasteiger partial charge in [0.25, 0.3) is 5.91 Å². The van der Waals surface area contributed by atoms with Crippen LogP contribution in [0.2, 0.25) is 0 Å². The minimum atomic E-state index is -1.05. The molecule has 0 spiro atoms. The highest BCUT2D eigenvalue weighted by atomic mass is 16.5. The minimum Gasteiger partial charge on any atom is -0.456 e. The number of fused-ring (bicyclic) bond motifs is 1. The summed E-state index contributed by atoms with van der Waals surface area (Å²) < 4.78 is 4.97. The molecule has 1 fully saturated rings. The van der Waals surface area contributed by atoms with Gasteiger partial charge in [0.1, 0.15) is 12.1 Å². The van der Waals surface area contributed by atoms with E-state index >= 15 is 0 Å². The summed E-state index contributed by atoms with van der Waals surface area (Å²) >= 11 is 0. The second-order valence-electron chi connectivity index (χ2n) is 7.22. The van der Waals surface area contributed by atoms with E-state index < -0.39 is 36.6 Å². The Hall–Kier alpha value is -2.70. The molecule has 1 aromatic carbocycles. The summed E-state index contributed by atoms with van der Waals surface area (Å²) in [5, 5.41) is 2.48. The van der Waals surface area contributed by atoms with Crippen molar-refractivity contribution in [2.45, 2.75) is 45.1 Å². The number of aryl methyl sites for hydroxylation is 2. The molecule has 1 aliphatic carbocycles. The lowest BCUT2D eigenvalue weighted by Gasteiger charge is -2.16. The van der Waals surface area contributed by atoms with Crippen LogP contribution in [0, 0.1) is 0 Å². The Morgan fingerprint density at radius 2 is 1.85 bits per heavy atom. The Morgan fingerprint density at radius 3 is 2.50 bits per heavy atom. The van der Waals surface area contributed by atoms with E-state index in [0.29, 0.717) is 5.56 Å². The summed E-state index contributed by atoms with van der Waals surface area (Å²) in [6.45, 7) is 2.19. The molecule has 26 heavy (non-hydrogen) atoms. The van der Waals surface area contributed by atoms with Gasteiger partial charge in [0.05, 0.1) is 0 Å². The number of nitrogens with zero attached hydrogens (tertiary/aromatic N) is 1. The highest BCUT2D eigenvalue weighted by molar-refractivity contribution is 6.08. The maximum atomic E-state index is 12.3. The molecule has 0 atom stereocenters. The number of carbonyl (C=O) groups excluding carboxylic acids is 4. The molecule has 3 amide bonds. The molecule has 0 radical (unpaired) electrons. The predicted octanol–water partition coefficient (Wildman–Crippen LogP) is 1.62. The second-order valence-corrected chi connectivity index (χ2v) is 7.22. The molecule has 138 valence electrons. The van der Waals surface area contributed by atoms with E-state index in [-0.39, 0.29) is 5.78 Å². The number of hydrogen-bond acceptors (Lipinski definition) is 5. The van der Waals surface area contributed by atoms with Gasteiger partial charge in [0, 0.05) is 5.56 Å². The highest BCUT2D eigenvalue weighted by Crippen LogP contribution is 2.22. The number of rotatable bonds is 5. The van der Waals surface area contributed by atoms with E-state index in [1.165, 1.54) is 11.1 Å². The summed E-state index contributed by atoms with van der Waals surface area (Å²) in [5.74, 6) is -1.60. The zero-order valence-electron chi connectivity index (χ0n) is 15.0. The normalized spacial score (nSPS) is 18.3. The van der Waals surface area contributed by atoms with Gasteiger partial charge in [-0.25, -0.2) is 4.79 Å². The van der Waals surface area contributed by atoms with Crippen LogP contribution < -0.4 is 5.32 Å². The monoisotopic (exact) mass is 358 g/mol. The molecule has 0 bridgehead atoms. The van der Waals surface area contributed by atoms with Crippen molar-refractivity contribution in [2.75, 3.05) is 13.2 Å². The Morgan fingerprint density at radius 1 is 1.15 bits per heavy atom. The van der Waals surface area contributed by atoms with E-state index in [1.54, 1.807) is 19.9 Å². The number of nitrogens with one attached hydrogen (secondary N) is 1. The van der Waals surface area contributed by atoms with Crippen LogP contribution in [-0.4, -0.2) is 47.3 Å². The number of amides is 3. The first kappa shape index (κ1) is 18.1. The van der Waals surface area contributed by atoms with Crippen molar-refractivity contribution in [3.8, 4) is 0 Å². The average Bonchev–Trinajstić information content (AvgIpc) is 2.81. The van der Waals surface area contributed by atoms with Gasteiger partial charge in [-0.3, -0.25) is 19.3 Å². The van der Waals surface area contributed by atoms with E-state index in [4.69, 9.17) is 4.74 Å². The molecule has 7 nitrogen and oxygen atoms in total. The number of Topliss-reactive ketones (excluding diaryl/α,β-unsaturated/α-hetero) is 1. The Balaban J connectivity index is 1.55. The standard InChI is InChI=1S/C19H22N2O5/c1-19(2)17(24)21(18(25)20-19)10-16(23)26-11-15(22)14-8-7-12-5-3-4-6-13(12)9-14/h7-9H,3-6,10-11H2,1-2H3,(H,20,25). The second kappa shape index (κ2) is 6.90. The first-order valence-electron chi connectivity index (χ1n) is 8.72. The van der Waals surface area contributed by atoms with Crippen molar-refractivity contribution in [1.29, 1.82) is 0 Å². The van der Waals surface area contributed by atoms with Crippen LogP contribution in [0.3, 0.4) is 0 Å². The Kier molecular flexibility index (Phi) is 4.80. The Bertz CT molecular complexity index is 784. The summed E-state index contributed by atoms with van der Waals surface area (Å²) in [6.07, 6.45) is 4.26. The molecule has 1 aliphatic heterocycles. The summed E-state index contributed by atoms with van der Waals surface area (Å²) in [7, 11) is 0. The first-order valence-corrected chi connectivity index (χ1v) is 8.72. The lowest BCUT2D eigenvalue weighted by molar-refractivity contribution is -0.146. The van der Waals surface area contributed by atoms with Gasteiger partial charge in [0.15, 0.2) is 12.4 Å². The van der Waals surface area contributed by atoms with Gasteiger partial charge in [-0.15, -0.1) is 0 Å². The maximum Gasteiger partial charge on any atom is 0.326 e. The molecule has 0 aromatic heterocycles. The topological polar surface area (TPSA) is 92.8 Å². The molecule has 0 saturated carbocycles.